The molecule has 0 spiro atoms. The van der Waals surface area contributed by atoms with Crippen LogP contribution in [0.1, 0.15) is 74.0 Å². The van der Waals surface area contributed by atoms with Crippen LogP contribution in [0.2, 0.25) is 0 Å². The molecular formula is C28H34FNO2. The van der Waals surface area contributed by atoms with Gasteiger partial charge in [-0.1, -0.05) is 44.2 Å². The summed E-state index contributed by atoms with van der Waals surface area (Å²) in [6.45, 7) is 1.61. The molecule has 170 valence electrons. The van der Waals surface area contributed by atoms with Gasteiger partial charge >= 0.3 is 0 Å². The number of phenols is 1. The lowest BCUT2D eigenvalue weighted by Crippen LogP contribution is -2.34. The fourth-order valence-electron chi connectivity index (χ4n) is 6.56. The summed E-state index contributed by atoms with van der Waals surface area (Å²) in [5.74, 6) is 1.48. The van der Waals surface area contributed by atoms with Gasteiger partial charge in [0.2, 0.25) is 0 Å². The molecule has 4 heteroatoms. The molecule has 32 heavy (non-hydrogen) atoms. The van der Waals surface area contributed by atoms with Crippen LogP contribution in [-0.2, 0) is 11.2 Å². The maximum atomic E-state index is 15.7. The summed E-state index contributed by atoms with van der Waals surface area (Å²) < 4.78 is 15.7. The van der Waals surface area contributed by atoms with E-state index in [1.807, 2.05) is 18.2 Å². The molecule has 1 saturated carbocycles. The maximum Gasteiger partial charge on any atom is 0.129 e. The molecule has 5 rings (SSSR count). The van der Waals surface area contributed by atoms with Gasteiger partial charge in [0.15, 0.2) is 0 Å². The Bertz CT molecular complexity index is 960. The van der Waals surface area contributed by atoms with Crippen LogP contribution in [0.5, 0.6) is 5.75 Å². The first-order valence-electron chi connectivity index (χ1n) is 12.5. The van der Waals surface area contributed by atoms with Crippen molar-refractivity contribution in [3.8, 4) is 5.75 Å². The van der Waals surface area contributed by atoms with Gasteiger partial charge in [-0.3, -0.25) is 0 Å². The lowest BCUT2D eigenvalue weighted by Gasteiger charge is -2.41. The molecule has 1 N–H and O–H groups in total. The highest BCUT2D eigenvalue weighted by Gasteiger charge is 2.37. The topological polar surface area (TPSA) is 40.5 Å². The highest BCUT2D eigenvalue weighted by Crippen LogP contribution is 2.49. The maximum absolute atomic E-state index is 15.7. The van der Waals surface area contributed by atoms with Crippen LogP contribution >= 0.6 is 0 Å². The molecule has 0 radical (unpaired) electrons. The summed E-state index contributed by atoms with van der Waals surface area (Å²) in [5.41, 5.74) is 4.09. The third-order valence-electron chi connectivity index (χ3n) is 8.31. The molecule has 1 heterocycles. The monoisotopic (exact) mass is 435 g/mol. The summed E-state index contributed by atoms with van der Waals surface area (Å²) in [7, 11) is 0. The van der Waals surface area contributed by atoms with Crippen molar-refractivity contribution >= 4 is 12.0 Å². The zero-order chi connectivity index (χ0) is 22.1. The molecule has 2 aliphatic carbocycles. The zero-order valence-corrected chi connectivity index (χ0v) is 18.8. The van der Waals surface area contributed by atoms with Gasteiger partial charge in [0.1, 0.15) is 17.9 Å². The number of aldehydes is 1. The molecular weight excluding hydrogens is 401 g/mol. The molecule has 2 atom stereocenters. The van der Waals surface area contributed by atoms with Gasteiger partial charge in [0.05, 0.1) is 0 Å². The van der Waals surface area contributed by atoms with Crippen molar-refractivity contribution in [1.29, 1.82) is 0 Å². The minimum absolute atomic E-state index is 0.0531. The number of carbonyl (C=O) groups excluding carboxylic acids is 1. The van der Waals surface area contributed by atoms with Crippen molar-refractivity contribution in [2.75, 3.05) is 18.0 Å². The summed E-state index contributed by atoms with van der Waals surface area (Å²) in [5, 5.41) is 10.0. The van der Waals surface area contributed by atoms with Gasteiger partial charge in [-0.2, -0.15) is 0 Å². The number of halogens is 1. The van der Waals surface area contributed by atoms with E-state index >= 15 is 4.39 Å². The van der Waals surface area contributed by atoms with E-state index in [1.54, 1.807) is 12.1 Å². The highest BCUT2D eigenvalue weighted by molar-refractivity contribution is 5.56. The molecule has 2 aromatic carbocycles. The van der Waals surface area contributed by atoms with E-state index in [1.165, 1.54) is 43.2 Å². The average molecular weight is 436 g/mol. The van der Waals surface area contributed by atoms with Crippen LogP contribution in [0, 0.1) is 23.6 Å². The Morgan fingerprint density at radius 3 is 2.38 bits per heavy atom. The lowest BCUT2D eigenvalue weighted by molar-refractivity contribution is -0.111. The van der Waals surface area contributed by atoms with Crippen LogP contribution < -0.4 is 4.90 Å². The third-order valence-corrected chi connectivity index (χ3v) is 8.31. The van der Waals surface area contributed by atoms with Crippen molar-refractivity contribution in [2.45, 2.75) is 63.7 Å². The number of fused-ring (bicyclic) bond motifs is 1. The van der Waals surface area contributed by atoms with Crippen LogP contribution in [0.3, 0.4) is 0 Å². The SMILES string of the molecule is O=CC1CCN(c2ccc([C@H]3c4ccc(O)cc4CC[C@H]3C3CCCCC3)c(F)c2)CC1. The predicted octanol–water partition coefficient (Wildman–Crippen LogP) is 6.22. The van der Waals surface area contributed by atoms with Gasteiger partial charge in [-0.25, -0.2) is 4.39 Å². The number of carbonyl (C=O) groups is 1. The Balaban J connectivity index is 1.48. The minimum atomic E-state index is -0.119. The third kappa shape index (κ3) is 4.16. The molecule has 3 aliphatic rings. The van der Waals surface area contributed by atoms with Gasteiger partial charge in [0.25, 0.3) is 0 Å². The first-order valence-corrected chi connectivity index (χ1v) is 12.5. The first kappa shape index (κ1) is 21.5. The lowest BCUT2D eigenvalue weighted by atomic mass is 9.64. The molecule has 0 unspecified atom stereocenters. The van der Waals surface area contributed by atoms with E-state index in [2.05, 4.69) is 11.0 Å². The molecule has 0 amide bonds. The second kappa shape index (κ2) is 9.25. The van der Waals surface area contributed by atoms with Crippen LogP contribution in [0.4, 0.5) is 10.1 Å². The largest absolute Gasteiger partial charge is 0.508 e. The van der Waals surface area contributed by atoms with E-state index in [-0.39, 0.29) is 17.7 Å². The van der Waals surface area contributed by atoms with Crippen molar-refractivity contribution < 1.29 is 14.3 Å². The molecule has 2 fully saturated rings. The Morgan fingerprint density at radius 1 is 0.906 bits per heavy atom. The summed E-state index contributed by atoms with van der Waals surface area (Å²) >= 11 is 0. The predicted molar refractivity (Wildman–Crippen MR) is 126 cm³/mol. The number of hydrogen-bond donors (Lipinski definition) is 1. The number of anilines is 1. The van der Waals surface area contributed by atoms with E-state index in [0.29, 0.717) is 17.6 Å². The van der Waals surface area contributed by atoms with Crippen LogP contribution in [0.25, 0.3) is 0 Å². The van der Waals surface area contributed by atoms with Crippen molar-refractivity contribution in [3.05, 3.63) is 58.9 Å². The Morgan fingerprint density at radius 2 is 1.66 bits per heavy atom. The highest BCUT2D eigenvalue weighted by atomic mass is 19.1. The fourth-order valence-corrected chi connectivity index (χ4v) is 6.56. The van der Waals surface area contributed by atoms with Crippen LogP contribution in [-0.4, -0.2) is 24.5 Å². The second-order valence-corrected chi connectivity index (χ2v) is 10.1. The average Bonchev–Trinajstić information content (AvgIpc) is 2.84. The van der Waals surface area contributed by atoms with Gasteiger partial charge in [0, 0.05) is 30.6 Å². The number of benzene rings is 2. The zero-order valence-electron chi connectivity index (χ0n) is 18.8. The first-order chi connectivity index (χ1) is 15.6. The molecule has 1 aliphatic heterocycles. The Kier molecular flexibility index (Phi) is 6.21. The molecule has 0 aromatic heterocycles. The summed E-state index contributed by atoms with van der Waals surface area (Å²) in [6.07, 6.45) is 11.2. The quantitative estimate of drug-likeness (QED) is 0.580. The molecule has 0 bridgehead atoms. The Labute approximate surface area is 190 Å². The second-order valence-electron chi connectivity index (χ2n) is 10.1. The number of piperidine rings is 1. The Hall–Kier alpha value is -2.36. The number of aryl methyl sites for hydroxylation is 1. The number of aromatic hydroxyl groups is 1. The van der Waals surface area contributed by atoms with Crippen LogP contribution in [0.15, 0.2) is 36.4 Å². The van der Waals surface area contributed by atoms with E-state index in [9.17, 15) is 9.90 Å². The minimum Gasteiger partial charge on any atom is -0.508 e. The van der Waals surface area contributed by atoms with Gasteiger partial charge in [-0.05, 0) is 78.5 Å². The van der Waals surface area contributed by atoms with Crippen molar-refractivity contribution in [3.63, 3.8) is 0 Å². The smallest absolute Gasteiger partial charge is 0.129 e. The number of hydrogen-bond acceptors (Lipinski definition) is 3. The van der Waals surface area contributed by atoms with E-state index < -0.39 is 0 Å². The van der Waals surface area contributed by atoms with Gasteiger partial charge < -0.3 is 14.8 Å². The molecule has 2 aromatic rings. The number of phenolic OH excluding ortho intramolecular Hbond substituents is 1. The van der Waals surface area contributed by atoms with Crippen molar-refractivity contribution in [2.24, 2.45) is 17.8 Å². The molecule has 1 saturated heterocycles. The van der Waals surface area contributed by atoms with E-state index in [4.69, 9.17) is 0 Å². The summed E-state index contributed by atoms with van der Waals surface area (Å²) in [4.78, 5) is 13.3. The standard InChI is InChI=1S/C28H34FNO2/c29-27-17-22(30-14-12-19(18-31)13-15-30)7-10-26(27)28-24(20-4-2-1-3-5-20)9-6-21-16-23(32)8-11-25(21)28/h7-8,10-11,16-20,24,28,32H,1-6,9,12-15H2/t24-,28+/m0/s1. The number of nitrogens with zero attached hydrogens (tertiary/aromatic N) is 1. The van der Waals surface area contributed by atoms with Gasteiger partial charge in [-0.15, -0.1) is 0 Å². The van der Waals surface area contributed by atoms with Crippen molar-refractivity contribution in [1.82, 2.24) is 0 Å². The molecule has 3 nitrogen and oxygen atoms in total. The summed E-state index contributed by atoms with van der Waals surface area (Å²) in [6, 6.07) is 11.5. The normalized spacial score (nSPS) is 24.8. The van der Waals surface area contributed by atoms with E-state index in [0.717, 1.165) is 56.3 Å². The number of rotatable bonds is 4. The fraction of sp³-hybridized carbons (Fsp3) is 0.536.